The van der Waals surface area contributed by atoms with Crippen LogP contribution in [0.2, 0.25) is 0 Å². The fourth-order valence-electron chi connectivity index (χ4n) is 3.94. The molecule has 3 aromatic heterocycles. The molecule has 7 nitrogen and oxygen atoms in total. The van der Waals surface area contributed by atoms with Crippen LogP contribution in [0.4, 0.5) is 13.2 Å². The molecule has 1 aromatic carbocycles. The van der Waals surface area contributed by atoms with Crippen LogP contribution in [0.25, 0.3) is 17.8 Å². The third kappa shape index (κ3) is 3.88. The highest BCUT2D eigenvalue weighted by Crippen LogP contribution is 2.34. The molecule has 0 aliphatic carbocycles. The van der Waals surface area contributed by atoms with Crippen molar-refractivity contribution < 1.29 is 17.9 Å². The quantitative estimate of drug-likeness (QED) is 0.423. The maximum absolute atomic E-state index is 13.7. The van der Waals surface area contributed by atoms with Crippen molar-refractivity contribution in [2.45, 2.75) is 25.8 Å². The molecular formula is C23H19F3N6O. The number of aromatic nitrogens is 6. The Morgan fingerprint density at radius 1 is 1.09 bits per heavy atom. The van der Waals surface area contributed by atoms with E-state index in [1.54, 1.807) is 30.3 Å². The molecule has 33 heavy (non-hydrogen) atoms. The molecule has 0 bridgehead atoms. The average molecular weight is 452 g/mol. The van der Waals surface area contributed by atoms with Crippen molar-refractivity contribution >= 4 is 12.2 Å². The molecule has 0 saturated carbocycles. The summed E-state index contributed by atoms with van der Waals surface area (Å²) in [7, 11) is 1.55. The Morgan fingerprint density at radius 3 is 2.58 bits per heavy atom. The minimum absolute atomic E-state index is 0.338. The summed E-state index contributed by atoms with van der Waals surface area (Å²) < 4.78 is 49.7. The first kappa shape index (κ1) is 20.9. The third-order valence-corrected chi connectivity index (χ3v) is 5.51. The standard InChI is InChI=1S/C23H19F3N6O/c1-13-11-31(12-27-13)19-5-3-15(28-23(19)33-2)4-6-20-29-22-16(7-8-32(22)30-20)14-9-17(24)21(26)18(25)10-14/h3-6,9-12,16H,7-8H2,1-2H3/b6-4+. The SMILES string of the molecule is COc1nc(/C=C/c2nc3n(n2)CCC3c2cc(F)c(F)c(F)c2)ccc1-n1cnc(C)c1. The van der Waals surface area contributed by atoms with Crippen molar-refractivity contribution in [1.29, 1.82) is 0 Å². The van der Waals surface area contributed by atoms with Crippen molar-refractivity contribution in [3.63, 3.8) is 0 Å². The van der Waals surface area contributed by atoms with Gasteiger partial charge in [0.2, 0.25) is 5.88 Å². The molecule has 1 aliphatic heterocycles. The zero-order valence-electron chi connectivity index (χ0n) is 17.8. The lowest BCUT2D eigenvalue weighted by atomic mass is 9.97. The highest BCUT2D eigenvalue weighted by atomic mass is 19.2. The maximum Gasteiger partial charge on any atom is 0.238 e. The second-order valence-electron chi connectivity index (χ2n) is 7.71. The zero-order chi connectivity index (χ0) is 23.1. The minimum atomic E-state index is -1.47. The topological polar surface area (TPSA) is 70.7 Å². The smallest absolute Gasteiger partial charge is 0.238 e. The van der Waals surface area contributed by atoms with Crippen LogP contribution in [0, 0.1) is 24.4 Å². The van der Waals surface area contributed by atoms with Crippen LogP contribution >= 0.6 is 0 Å². The Hall–Kier alpha value is -3.95. The van der Waals surface area contributed by atoms with E-state index < -0.39 is 17.5 Å². The Bertz CT molecular complexity index is 1350. The summed E-state index contributed by atoms with van der Waals surface area (Å²) >= 11 is 0. The van der Waals surface area contributed by atoms with Gasteiger partial charge in [-0.2, -0.15) is 5.10 Å². The molecule has 0 N–H and O–H groups in total. The largest absolute Gasteiger partial charge is 0.479 e. The first-order valence-corrected chi connectivity index (χ1v) is 10.3. The van der Waals surface area contributed by atoms with Gasteiger partial charge in [-0.3, -0.25) is 0 Å². The van der Waals surface area contributed by atoms with Crippen LogP contribution in [0.1, 0.15) is 40.9 Å². The number of aryl methyl sites for hydroxylation is 2. The maximum atomic E-state index is 13.7. The molecule has 0 saturated heterocycles. The molecule has 168 valence electrons. The Labute approximate surface area is 187 Å². The van der Waals surface area contributed by atoms with E-state index in [9.17, 15) is 13.2 Å². The van der Waals surface area contributed by atoms with E-state index in [-0.39, 0.29) is 5.92 Å². The number of nitrogens with zero attached hydrogens (tertiary/aromatic N) is 6. The second-order valence-corrected chi connectivity index (χ2v) is 7.71. The van der Waals surface area contributed by atoms with E-state index in [0.717, 1.165) is 23.5 Å². The van der Waals surface area contributed by atoms with E-state index in [1.807, 2.05) is 29.8 Å². The summed E-state index contributed by atoms with van der Waals surface area (Å²) in [6.45, 7) is 2.45. The molecule has 0 fully saturated rings. The van der Waals surface area contributed by atoms with Crippen molar-refractivity contribution in [1.82, 2.24) is 29.3 Å². The van der Waals surface area contributed by atoms with Crippen LogP contribution in [-0.2, 0) is 6.54 Å². The number of hydrogen-bond donors (Lipinski definition) is 0. The van der Waals surface area contributed by atoms with E-state index in [2.05, 4.69) is 20.1 Å². The summed E-state index contributed by atoms with van der Waals surface area (Å²) in [6.07, 6.45) is 7.61. The molecule has 1 unspecified atom stereocenters. The Morgan fingerprint density at radius 2 is 1.88 bits per heavy atom. The van der Waals surface area contributed by atoms with Crippen LogP contribution in [0.15, 0.2) is 36.8 Å². The van der Waals surface area contributed by atoms with Crippen molar-refractivity contribution in [2.75, 3.05) is 7.11 Å². The molecular weight excluding hydrogens is 433 g/mol. The van der Waals surface area contributed by atoms with Gasteiger partial charge in [-0.25, -0.2) is 32.8 Å². The normalized spacial score (nSPS) is 15.4. The lowest BCUT2D eigenvalue weighted by Gasteiger charge is -2.09. The predicted octanol–water partition coefficient (Wildman–Crippen LogP) is 4.30. The van der Waals surface area contributed by atoms with Gasteiger partial charge in [0.1, 0.15) is 11.5 Å². The molecule has 1 atom stereocenters. The molecule has 5 rings (SSSR count). The predicted molar refractivity (Wildman–Crippen MR) is 114 cm³/mol. The van der Waals surface area contributed by atoms with Gasteiger partial charge in [0.25, 0.3) is 0 Å². The summed E-state index contributed by atoms with van der Waals surface area (Å²) in [5.74, 6) is -2.80. The number of ether oxygens (including phenoxy) is 1. The van der Waals surface area contributed by atoms with Crippen LogP contribution in [0.5, 0.6) is 5.88 Å². The summed E-state index contributed by atoms with van der Waals surface area (Å²) in [5.41, 5.74) is 2.62. The van der Waals surface area contributed by atoms with Gasteiger partial charge in [-0.15, -0.1) is 0 Å². The average Bonchev–Trinajstić information content (AvgIpc) is 3.51. The van der Waals surface area contributed by atoms with Gasteiger partial charge >= 0.3 is 0 Å². The highest BCUT2D eigenvalue weighted by Gasteiger charge is 2.29. The molecule has 1 aliphatic rings. The number of hydrogen-bond acceptors (Lipinski definition) is 5. The molecule has 4 heterocycles. The highest BCUT2D eigenvalue weighted by molar-refractivity contribution is 5.65. The van der Waals surface area contributed by atoms with Crippen LogP contribution < -0.4 is 4.74 Å². The number of pyridine rings is 1. The van der Waals surface area contributed by atoms with Gasteiger partial charge in [0, 0.05) is 18.7 Å². The molecule has 4 aromatic rings. The lowest BCUT2D eigenvalue weighted by Crippen LogP contribution is -2.02. The number of benzene rings is 1. The molecule has 0 radical (unpaired) electrons. The van der Waals surface area contributed by atoms with E-state index >= 15 is 0 Å². The molecule has 0 spiro atoms. The first-order chi connectivity index (χ1) is 15.9. The first-order valence-electron chi connectivity index (χ1n) is 10.3. The number of fused-ring (bicyclic) bond motifs is 1. The monoisotopic (exact) mass is 452 g/mol. The van der Waals surface area contributed by atoms with Crippen LogP contribution in [0.3, 0.4) is 0 Å². The van der Waals surface area contributed by atoms with Crippen molar-refractivity contribution in [3.8, 4) is 11.6 Å². The molecule has 0 amide bonds. The minimum Gasteiger partial charge on any atom is -0.479 e. The van der Waals surface area contributed by atoms with Gasteiger partial charge in [-0.05, 0) is 55.3 Å². The zero-order valence-corrected chi connectivity index (χ0v) is 17.8. The fourth-order valence-corrected chi connectivity index (χ4v) is 3.94. The number of rotatable bonds is 5. The Balaban J connectivity index is 1.39. The number of imidazole rings is 1. The summed E-state index contributed by atoms with van der Waals surface area (Å²) in [6, 6.07) is 5.74. The lowest BCUT2D eigenvalue weighted by molar-refractivity contribution is 0.395. The Kier molecular flexibility index (Phi) is 5.20. The molecule has 10 heteroatoms. The van der Waals surface area contributed by atoms with E-state index in [1.165, 1.54) is 0 Å². The van der Waals surface area contributed by atoms with Gasteiger partial charge < -0.3 is 9.30 Å². The van der Waals surface area contributed by atoms with Crippen molar-refractivity contribution in [3.05, 3.63) is 82.8 Å². The van der Waals surface area contributed by atoms with Crippen molar-refractivity contribution in [2.24, 2.45) is 0 Å². The van der Waals surface area contributed by atoms with E-state index in [0.29, 0.717) is 41.8 Å². The second kappa shape index (κ2) is 8.19. The van der Waals surface area contributed by atoms with Crippen LogP contribution in [-0.4, -0.2) is 36.4 Å². The summed E-state index contributed by atoms with van der Waals surface area (Å²) in [5, 5.41) is 4.44. The van der Waals surface area contributed by atoms with Gasteiger partial charge in [0.05, 0.1) is 24.8 Å². The number of halogens is 3. The third-order valence-electron chi connectivity index (χ3n) is 5.51. The van der Waals surface area contributed by atoms with Gasteiger partial charge in [0.15, 0.2) is 23.3 Å². The van der Waals surface area contributed by atoms with E-state index in [4.69, 9.17) is 4.74 Å². The summed E-state index contributed by atoms with van der Waals surface area (Å²) in [4.78, 5) is 13.2. The van der Waals surface area contributed by atoms with Gasteiger partial charge in [-0.1, -0.05) is 0 Å². The fraction of sp³-hybridized carbons (Fsp3) is 0.217. The number of methoxy groups -OCH3 is 1.